The first kappa shape index (κ1) is 9.22. The molecule has 1 aromatic carbocycles. The number of hydrogen-bond acceptors (Lipinski definition) is 3. The van der Waals surface area contributed by atoms with Crippen LogP contribution in [0, 0.1) is 0 Å². The zero-order valence-corrected chi connectivity index (χ0v) is 11.2. The lowest BCUT2D eigenvalue weighted by Crippen LogP contribution is -2.29. The molecule has 0 bridgehead atoms. The predicted octanol–water partition coefficient (Wildman–Crippen LogP) is 3.40. The van der Waals surface area contributed by atoms with Gasteiger partial charge in [0.2, 0.25) is 0 Å². The predicted molar refractivity (Wildman–Crippen MR) is 75.2 cm³/mol. The number of nitrogens with two attached hydrogens (primary N) is 1. The van der Waals surface area contributed by atoms with Crippen LogP contribution < -0.4 is 11.1 Å². The number of rotatable bonds is 3. The normalized spacial score (nSPS) is 27.9. The van der Waals surface area contributed by atoms with E-state index >= 15 is 0 Å². The van der Waals surface area contributed by atoms with Crippen molar-refractivity contribution in [2.75, 3.05) is 18.1 Å². The highest BCUT2D eigenvalue weighted by Crippen LogP contribution is 2.28. The summed E-state index contributed by atoms with van der Waals surface area (Å²) in [6, 6.07) is 6.08. The minimum absolute atomic E-state index is 0.164. The molecule has 4 heteroatoms. The van der Waals surface area contributed by atoms with Crippen molar-refractivity contribution in [3.8, 4) is 0 Å². The maximum absolute atomic E-state index is 7.12. The number of benzene rings is 1. The number of anilines is 2. The second-order valence-corrected chi connectivity index (χ2v) is 5.38. The molecule has 0 atom stereocenters. The van der Waals surface area contributed by atoms with E-state index in [1.54, 1.807) is 0 Å². The molecule has 0 aromatic heterocycles. The van der Waals surface area contributed by atoms with Crippen molar-refractivity contribution >= 4 is 27.3 Å². The first-order valence-electron chi connectivity index (χ1n) is 7.33. The Bertz CT molecular complexity index is 459. The van der Waals surface area contributed by atoms with Crippen molar-refractivity contribution in [2.45, 2.75) is 37.8 Å². The molecule has 1 saturated carbocycles. The van der Waals surface area contributed by atoms with Crippen LogP contribution >= 0.6 is 15.9 Å². The Morgan fingerprint density at radius 1 is 1.41 bits per heavy atom. The molecule has 94 valence electrons. The summed E-state index contributed by atoms with van der Waals surface area (Å²) in [5.74, 6) is 0. The van der Waals surface area contributed by atoms with Crippen LogP contribution in [0.4, 0.5) is 11.4 Å². The lowest BCUT2D eigenvalue weighted by Gasteiger charge is -2.29. The van der Waals surface area contributed by atoms with Crippen LogP contribution in [0.25, 0.3) is 0 Å². The lowest BCUT2D eigenvalue weighted by atomic mass is 9.93. The smallest absolute Gasteiger partial charge is 0.0576 e. The minimum Gasteiger partial charge on any atom is -0.397 e. The number of methoxy groups -OCH3 is 1. The van der Waals surface area contributed by atoms with E-state index in [0.717, 1.165) is 35.8 Å². The second kappa shape index (κ2) is 5.74. The van der Waals surface area contributed by atoms with Crippen molar-refractivity contribution in [2.24, 2.45) is 0 Å². The van der Waals surface area contributed by atoms with E-state index in [2.05, 4.69) is 21.2 Å². The molecule has 0 aliphatic heterocycles. The lowest BCUT2D eigenvalue weighted by molar-refractivity contribution is 0.0682. The second-order valence-electron chi connectivity index (χ2n) is 4.47. The molecule has 1 fully saturated rings. The van der Waals surface area contributed by atoms with Gasteiger partial charge in [-0.1, -0.05) is 15.9 Å². The van der Waals surface area contributed by atoms with Gasteiger partial charge in [0.25, 0.3) is 0 Å². The summed E-state index contributed by atoms with van der Waals surface area (Å²) in [7, 11) is -2.29. The molecule has 0 heterocycles. The van der Waals surface area contributed by atoms with Gasteiger partial charge < -0.3 is 15.8 Å². The average molecular weight is 302 g/mol. The van der Waals surface area contributed by atoms with Gasteiger partial charge in [0.15, 0.2) is 0 Å². The van der Waals surface area contributed by atoms with Gasteiger partial charge in [-0.05, 0) is 43.9 Å². The Hall–Kier alpha value is -0.740. The van der Waals surface area contributed by atoms with Crippen molar-refractivity contribution in [1.29, 1.82) is 0 Å². The van der Waals surface area contributed by atoms with Crippen LogP contribution in [0.5, 0.6) is 0 Å². The van der Waals surface area contributed by atoms with Gasteiger partial charge in [0.1, 0.15) is 0 Å². The zero-order chi connectivity index (χ0) is 14.8. The zero-order valence-electron chi connectivity index (χ0n) is 12.6. The van der Waals surface area contributed by atoms with Crippen LogP contribution in [0.3, 0.4) is 0 Å². The Morgan fingerprint density at radius 3 is 2.82 bits per heavy atom. The summed E-state index contributed by atoms with van der Waals surface area (Å²) in [5, 5.41) is 3.42. The van der Waals surface area contributed by atoms with Gasteiger partial charge in [0, 0.05) is 17.6 Å². The highest BCUT2D eigenvalue weighted by molar-refractivity contribution is 9.10. The molecule has 0 amide bonds. The van der Waals surface area contributed by atoms with E-state index in [9.17, 15) is 0 Å². The summed E-state index contributed by atoms with van der Waals surface area (Å²) < 4.78 is 27.4. The molecule has 0 unspecified atom stereocenters. The summed E-state index contributed by atoms with van der Waals surface area (Å²) in [5.41, 5.74) is 7.59. The van der Waals surface area contributed by atoms with Crippen molar-refractivity contribution < 1.29 is 8.85 Å². The third-order valence-corrected chi connectivity index (χ3v) is 3.71. The monoisotopic (exact) mass is 301 g/mol. The summed E-state index contributed by atoms with van der Waals surface area (Å²) in [6.45, 7) is 0. The third kappa shape index (κ3) is 3.36. The fraction of sp³-hybridized carbons (Fsp3) is 0.538. The van der Waals surface area contributed by atoms with E-state index in [4.69, 9.17) is 14.6 Å². The summed E-state index contributed by atoms with van der Waals surface area (Å²) >= 11 is 3.38. The van der Waals surface area contributed by atoms with Gasteiger partial charge in [-0.3, -0.25) is 0 Å². The molecule has 1 aromatic rings. The molecule has 17 heavy (non-hydrogen) atoms. The third-order valence-electron chi connectivity index (χ3n) is 3.21. The number of hydrogen-bond donors (Lipinski definition) is 2. The van der Waals surface area contributed by atoms with Crippen LogP contribution in [-0.4, -0.2) is 19.2 Å². The maximum atomic E-state index is 7.12. The topological polar surface area (TPSA) is 47.3 Å². The first-order valence-corrected chi connectivity index (χ1v) is 6.62. The quantitative estimate of drug-likeness (QED) is 0.841. The fourth-order valence-electron chi connectivity index (χ4n) is 2.21. The Kier molecular flexibility index (Phi) is 3.11. The Labute approximate surface area is 115 Å². The van der Waals surface area contributed by atoms with Crippen molar-refractivity contribution in [1.82, 2.24) is 0 Å². The van der Waals surface area contributed by atoms with E-state index in [0.29, 0.717) is 11.7 Å². The Balaban J connectivity index is 1.85. The fourth-order valence-corrected chi connectivity index (χ4v) is 2.59. The van der Waals surface area contributed by atoms with Gasteiger partial charge in [-0.25, -0.2) is 0 Å². The number of ether oxygens (including phenoxy) is 1. The molecule has 3 N–H and O–H groups in total. The molecule has 2 rings (SSSR count). The van der Waals surface area contributed by atoms with Gasteiger partial charge in [0.05, 0.1) is 21.6 Å². The molecule has 1 aliphatic rings. The van der Waals surface area contributed by atoms with Crippen LogP contribution in [-0.2, 0) is 4.74 Å². The molecular weight excluding hydrogens is 280 g/mol. The van der Waals surface area contributed by atoms with E-state index in [-0.39, 0.29) is 6.10 Å². The minimum atomic E-state index is -2.29. The van der Waals surface area contributed by atoms with E-state index in [1.165, 1.54) is 0 Å². The number of halogens is 1. The summed E-state index contributed by atoms with van der Waals surface area (Å²) in [6.07, 6.45) is 3.12. The van der Waals surface area contributed by atoms with Crippen molar-refractivity contribution in [3.05, 3.63) is 22.7 Å². The Morgan fingerprint density at radius 2 is 2.18 bits per heavy atom. The van der Waals surface area contributed by atoms with Gasteiger partial charge in [-0.2, -0.15) is 0 Å². The van der Waals surface area contributed by atoms with Gasteiger partial charge >= 0.3 is 0 Å². The molecule has 3 nitrogen and oxygen atoms in total. The SMILES string of the molecule is [2H]C([2H])([2H])OC1CCC(Nc2ccc(Br)cc2N)CC1. The van der Waals surface area contributed by atoms with E-state index < -0.39 is 7.04 Å². The molecule has 0 radical (unpaired) electrons. The van der Waals surface area contributed by atoms with Crippen LogP contribution in [0.2, 0.25) is 0 Å². The number of nitrogens with one attached hydrogen (secondary N) is 1. The van der Waals surface area contributed by atoms with Gasteiger partial charge in [-0.15, -0.1) is 0 Å². The summed E-state index contributed by atoms with van der Waals surface area (Å²) in [4.78, 5) is 0. The molecule has 0 saturated heterocycles. The standard InChI is InChI=1S/C13H19BrN2O/c1-17-11-5-3-10(4-6-11)16-13-7-2-9(14)8-12(13)15/h2,7-8,10-11,16H,3-6,15H2,1H3/i1D3. The number of nitrogen functional groups attached to an aromatic ring is 1. The van der Waals surface area contributed by atoms with E-state index in [1.807, 2.05) is 18.2 Å². The maximum Gasteiger partial charge on any atom is 0.0576 e. The van der Waals surface area contributed by atoms with Crippen LogP contribution in [0.1, 0.15) is 29.8 Å². The largest absolute Gasteiger partial charge is 0.397 e. The molecular formula is C13H19BrN2O. The highest BCUT2D eigenvalue weighted by Gasteiger charge is 2.20. The average Bonchev–Trinajstić information content (AvgIpc) is 2.33. The first-order chi connectivity index (χ1) is 9.33. The molecule has 1 aliphatic carbocycles. The van der Waals surface area contributed by atoms with Crippen LogP contribution in [0.15, 0.2) is 22.7 Å². The molecule has 0 spiro atoms. The van der Waals surface area contributed by atoms with Crippen molar-refractivity contribution in [3.63, 3.8) is 0 Å². The highest BCUT2D eigenvalue weighted by atomic mass is 79.9.